The van der Waals surface area contributed by atoms with Crippen molar-refractivity contribution < 1.29 is 9.22 Å². The van der Waals surface area contributed by atoms with Gasteiger partial charge in [-0.2, -0.15) is 0 Å². The zero-order chi connectivity index (χ0) is 69.4. The largest absolute Gasteiger partial charge is 0.370 e. The van der Waals surface area contributed by atoms with E-state index in [0.717, 1.165) is 43.9 Å². The van der Waals surface area contributed by atoms with Crippen molar-refractivity contribution in [2.75, 3.05) is 26.3 Å². The summed E-state index contributed by atoms with van der Waals surface area (Å²) in [5.74, 6) is 0. The van der Waals surface area contributed by atoms with Crippen LogP contribution < -0.4 is 0 Å². The third kappa shape index (κ3) is 13.8. The molecule has 0 amide bonds. The summed E-state index contributed by atoms with van der Waals surface area (Å²) in [5.41, 5.74) is 31.3. The third-order valence-corrected chi connectivity index (χ3v) is 21.5. The van der Waals surface area contributed by atoms with E-state index < -0.39 is 0 Å². The normalized spacial score (nSPS) is 15.1. The predicted octanol–water partition coefficient (Wildman–Crippen LogP) is 25.9. The van der Waals surface area contributed by atoms with E-state index in [-0.39, 0.29) is 43.3 Å². The first-order chi connectivity index (χ1) is 44.5. The summed E-state index contributed by atoms with van der Waals surface area (Å²) >= 11 is 0. The molecule has 0 unspecified atom stereocenters. The second kappa shape index (κ2) is 24.0. The van der Waals surface area contributed by atoms with Gasteiger partial charge in [-0.15, -0.1) is 0 Å². The molecule has 2 heteroatoms. The first-order valence-electron chi connectivity index (χ1n) is 36.0. The summed E-state index contributed by atoms with van der Waals surface area (Å²) in [7, 11) is 0. The molecular formula is C94H112NO+. The highest BCUT2D eigenvalue weighted by Crippen LogP contribution is 2.53. The van der Waals surface area contributed by atoms with Crippen LogP contribution in [-0.4, -0.2) is 30.8 Å². The first-order valence-corrected chi connectivity index (χ1v) is 36.0. The Morgan fingerprint density at radius 1 is 0.250 bits per heavy atom. The van der Waals surface area contributed by atoms with Crippen molar-refractivity contribution in [3.8, 4) is 77.9 Å². The van der Waals surface area contributed by atoms with Crippen molar-refractivity contribution in [1.29, 1.82) is 0 Å². The Labute approximate surface area is 579 Å². The number of ether oxygens (including phenoxy) is 1. The molecule has 498 valence electrons. The van der Waals surface area contributed by atoms with E-state index in [1.165, 1.54) is 155 Å². The van der Waals surface area contributed by atoms with E-state index in [0.29, 0.717) is 0 Å². The Morgan fingerprint density at radius 2 is 0.469 bits per heavy atom. The van der Waals surface area contributed by atoms with Gasteiger partial charge in [-0.25, -0.2) is 0 Å². The average molecular weight is 1270 g/mol. The van der Waals surface area contributed by atoms with Crippen molar-refractivity contribution in [3.05, 3.63) is 225 Å². The standard InChI is InChI=1S/C94H112NO/c1-87(2,3)71-43-65(44-72(53-71)88(4,5)6)61-37-62(66-45-73(89(7,8)9)54-74(46-66)90(10,11)12)40-69(39-61)81-51-59-29-25-27-31-79(59)85-83(81)57-95(33-35-96-36-34-95)58-84-82(52-60-30-26-28-32-80(60)86(84)85)70-41-63(67-47-75(91(13,14)15)55-76(48-67)92(16,17)18)38-64(42-70)68-49-77(93(19,20)21)56-78(50-68)94(22,23)24/h25-32,37-56H,33-36,57-58H2,1-24H3/q+1. The van der Waals surface area contributed by atoms with Crippen molar-refractivity contribution >= 4 is 21.5 Å². The summed E-state index contributed by atoms with van der Waals surface area (Å²) in [4.78, 5) is 0. The summed E-state index contributed by atoms with van der Waals surface area (Å²) in [5, 5.41) is 5.13. The van der Waals surface area contributed by atoms with E-state index in [1.807, 2.05) is 0 Å². The van der Waals surface area contributed by atoms with Crippen molar-refractivity contribution in [2.45, 2.75) is 223 Å². The highest BCUT2D eigenvalue weighted by Gasteiger charge is 2.40. The molecule has 2 nitrogen and oxygen atoms in total. The van der Waals surface area contributed by atoms with Gasteiger partial charge in [0.05, 0.1) is 13.2 Å². The second-order valence-electron chi connectivity index (χ2n) is 37.5. The topological polar surface area (TPSA) is 9.23 Å². The van der Waals surface area contributed by atoms with E-state index in [2.05, 4.69) is 336 Å². The van der Waals surface area contributed by atoms with Crippen molar-refractivity contribution in [2.24, 2.45) is 0 Å². The lowest BCUT2D eigenvalue weighted by Gasteiger charge is -2.41. The Kier molecular flexibility index (Phi) is 17.1. The molecule has 0 aromatic heterocycles. The van der Waals surface area contributed by atoms with E-state index in [4.69, 9.17) is 4.74 Å². The molecule has 10 aromatic carbocycles. The minimum Gasteiger partial charge on any atom is -0.370 e. The lowest BCUT2D eigenvalue weighted by atomic mass is 9.77. The molecule has 0 bridgehead atoms. The van der Waals surface area contributed by atoms with Crippen LogP contribution in [0.25, 0.3) is 99.4 Å². The maximum Gasteiger partial charge on any atom is 0.106 e. The van der Waals surface area contributed by atoms with E-state index >= 15 is 0 Å². The van der Waals surface area contributed by atoms with Crippen LogP contribution in [0.5, 0.6) is 0 Å². The van der Waals surface area contributed by atoms with E-state index in [9.17, 15) is 0 Å². The lowest BCUT2D eigenvalue weighted by Crippen LogP contribution is -2.53. The molecule has 2 heterocycles. The Bertz CT molecular complexity index is 4060. The zero-order valence-corrected chi connectivity index (χ0v) is 63.3. The molecule has 0 N–H and O–H groups in total. The highest BCUT2D eigenvalue weighted by atomic mass is 16.5. The molecule has 0 radical (unpaired) electrons. The van der Waals surface area contributed by atoms with Crippen LogP contribution in [0.2, 0.25) is 0 Å². The number of rotatable bonds is 6. The highest BCUT2D eigenvalue weighted by molar-refractivity contribution is 6.12. The molecule has 1 fully saturated rings. The van der Waals surface area contributed by atoms with Gasteiger partial charge < -0.3 is 9.22 Å². The summed E-state index contributed by atoms with van der Waals surface area (Å²) < 4.78 is 7.39. The fraction of sp³-hybridized carbons (Fsp3) is 0.404. The molecule has 2 aliphatic rings. The lowest BCUT2D eigenvalue weighted by molar-refractivity contribution is -0.959. The number of fused-ring (bicyclic) bond motifs is 7. The Balaban J connectivity index is 1.22. The van der Waals surface area contributed by atoms with Gasteiger partial charge in [0.15, 0.2) is 0 Å². The number of benzene rings is 10. The van der Waals surface area contributed by atoms with Gasteiger partial charge in [0, 0.05) is 22.3 Å². The Morgan fingerprint density at radius 3 is 0.708 bits per heavy atom. The molecule has 0 atom stereocenters. The summed E-state index contributed by atoms with van der Waals surface area (Å²) in [6, 6.07) is 69.0. The molecule has 12 rings (SSSR count). The number of quaternary nitrogens is 1. The van der Waals surface area contributed by atoms with Crippen LogP contribution in [0, 0.1) is 0 Å². The van der Waals surface area contributed by atoms with Crippen LogP contribution in [0.15, 0.2) is 170 Å². The molecule has 96 heavy (non-hydrogen) atoms. The SMILES string of the molecule is CC(C)(C)c1cc(-c2cc(-c3cc(C(C)(C)C)cc(C(C)(C)C)c3)cc(-c3cc4ccccc4c4c3C[N+]3(CCOCC3)Cc3c(-c5cc(-c6cc(C(C)(C)C)cc(C(C)(C)C)c6)cc(-c6cc(C(C)(C)C)cc(C(C)(C)C)c6)c5)cc5ccccc5c3-4)c2)cc(C(C)(C)C)c1. The minimum absolute atomic E-state index is 0.0527. The Hall–Kier alpha value is -7.36. The molecule has 10 aromatic rings. The number of morpholine rings is 1. The van der Waals surface area contributed by atoms with Crippen LogP contribution >= 0.6 is 0 Å². The van der Waals surface area contributed by atoms with Gasteiger partial charge in [-0.3, -0.25) is 0 Å². The molecule has 0 saturated carbocycles. The third-order valence-electron chi connectivity index (χ3n) is 21.5. The van der Waals surface area contributed by atoms with Gasteiger partial charge in [-0.05, 0) is 225 Å². The van der Waals surface area contributed by atoms with Gasteiger partial charge in [-0.1, -0.05) is 287 Å². The van der Waals surface area contributed by atoms with Crippen molar-refractivity contribution in [1.82, 2.24) is 0 Å². The van der Waals surface area contributed by atoms with Gasteiger partial charge >= 0.3 is 0 Å². The average Bonchev–Trinajstić information content (AvgIpc) is 1.47. The molecule has 1 saturated heterocycles. The maximum atomic E-state index is 6.49. The van der Waals surface area contributed by atoms with Crippen LogP contribution in [-0.2, 0) is 61.1 Å². The van der Waals surface area contributed by atoms with Crippen molar-refractivity contribution in [3.63, 3.8) is 0 Å². The maximum absolute atomic E-state index is 6.49. The summed E-state index contributed by atoms with van der Waals surface area (Å²) in [6.07, 6.45) is 0. The monoisotopic (exact) mass is 1270 g/mol. The van der Waals surface area contributed by atoms with E-state index in [1.54, 1.807) is 0 Å². The number of hydrogen-bond acceptors (Lipinski definition) is 1. The molecule has 1 spiro atoms. The fourth-order valence-electron chi connectivity index (χ4n) is 14.8. The number of hydrogen-bond donors (Lipinski definition) is 0. The predicted molar refractivity (Wildman–Crippen MR) is 417 cm³/mol. The zero-order valence-electron chi connectivity index (χ0n) is 63.3. The van der Waals surface area contributed by atoms with Gasteiger partial charge in [0.1, 0.15) is 26.2 Å². The molecule has 0 aliphatic carbocycles. The smallest absolute Gasteiger partial charge is 0.106 e. The number of nitrogens with zero attached hydrogens (tertiary/aromatic N) is 1. The van der Waals surface area contributed by atoms with Crippen LogP contribution in [0.4, 0.5) is 0 Å². The molecule has 2 aliphatic heterocycles. The fourth-order valence-corrected chi connectivity index (χ4v) is 14.8. The van der Waals surface area contributed by atoms with Gasteiger partial charge in [0.25, 0.3) is 0 Å². The quantitative estimate of drug-likeness (QED) is 0.151. The molecular weight excluding hydrogens is 1160 g/mol. The second-order valence-corrected chi connectivity index (χ2v) is 37.5. The van der Waals surface area contributed by atoms with Gasteiger partial charge in [0.2, 0.25) is 0 Å². The first kappa shape index (κ1) is 68.6. The van der Waals surface area contributed by atoms with Crippen LogP contribution in [0.3, 0.4) is 0 Å². The summed E-state index contributed by atoms with van der Waals surface area (Å²) in [6.45, 7) is 61.8. The van der Waals surface area contributed by atoms with Crippen LogP contribution in [0.1, 0.15) is 222 Å². The minimum atomic E-state index is -0.0527.